The Bertz CT molecular complexity index is 1310. The number of rotatable bonds is 7. The number of carbonyl (C=O) groups is 1. The largest absolute Gasteiger partial charge is 0.376 e. The fourth-order valence-electron chi connectivity index (χ4n) is 3.70. The van der Waals surface area contributed by atoms with Crippen molar-refractivity contribution < 1.29 is 4.79 Å². The van der Waals surface area contributed by atoms with Gasteiger partial charge >= 0.3 is 0 Å². The predicted octanol–water partition coefficient (Wildman–Crippen LogP) is 3.66. The Hall–Kier alpha value is -3.33. The predicted molar refractivity (Wildman–Crippen MR) is 126 cm³/mol. The lowest BCUT2D eigenvalue weighted by Gasteiger charge is -2.11. The van der Waals surface area contributed by atoms with Gasteiger partial charge in [0.25, 0.3) is 5.91 Å². The topological polar surface area (TPSA) is 89.1 Å². The van der Waals surface area contributed by atoms with Crippen LogP contribution in [0.3, 0.4) is 0 Å². The molecular formula is C23H25N7OS. The van der Waals surface area contributed by atoms with E-state index in [1.54, 1.807) is 18.0 Å². The zero-order valence-corrected chi connectivity index (χ0v) is 19.1. The highest BCUT2D eigenvalue weighted by Crippen LogP contribution is 2.29. The summed E-state index contributed by atoms with van der Waals surface area (Å²) in [6.45, 7) is 2.60. The molecule has 3 aromatic heterocycles. The number of hydrogen-bond acceptors (Lipinski definition) is 6. The number of carbonyl (C=O) groups excluding carboxylic acids is 1. The van der Waals surface area contributed by atoms with E-state index in [1.165, 1.54) is 0 Å². The van der Waals surface area contributed by atoms with E-state index in [2.05, 4.69) is 20.7 Å². The number of aryl methyl sites for hydroxylation is 2. The van der Waals surface area contributed by atoms with Gasteiger partial charge in [-0.3, -0.25) is 9.48 Å². The van der Waals surface area contributed by atoms with Crippen molar-refractivity contribution in [2.75, 3.05) is 11.6 Å². The molecule has 2 N–H and O–H groups in total. The number of thioether (sulfide) groups is 1. The standard InChI is InChI=1S/C23H25N7OS/c1-14-10-15(4-7-18(14)23(31)27-16-5-6-16)20-13-25-22-19(11-21(32-3)28-30(20)22)24-12-17-8-9-26-29(17)2/h4,7-11,13,16,24H,5-6,12H2,1-3H3,(H,27,31). The van der Waals surface area contributed by atoms with Crippen LogP contribution in [0.4, 0.5) is 5.69 Å². The molecule has 0 atom stereocenters. The van der Waals surface area contributed by atoms with Gasteiger partial charge in [0.2, 0.25) is 0 Å². The molecule has 0 unspecified atom stereocenters. The van der Waals surface area contributed by atoms with Crippen LogP contribution in [0.5, 0.6) is 0 Å². The Kier molecular flexibility index (Phi) is 5.34. The van der Waals surface area contributed by atoms with Crippen LogP contribution >= 0.6 is 11.8 Å². The van der Waals surface area contributed by atoms with Crippen molar-refractivity contribution >= 4 is 29.0 Å². The van der Waals surface area contributed by atoms with Gasteiger partial charge in [-0.2, -0.15) is 10.2 Å². The highest BCUT2D eigenvalue weighted by Gasteiger charge is 2.24. The van der Waals surface area contributed by atoms with Crippen LogP contribution in [-0.4, -0.2) is 42.6 Å². The number of benzene rings is 1. The molecule has 5 rings (SSSR count). The highest BCUT2D eigenvalue weighted by molar-refractivity contribution is 7.98. The Morgan fingerprint density at radius 3 is 2.78 bits per heavy atom. The van der Waals surface area contributed by atoms with Gasteiger partial charge in [0, 0.05) is 30.4 Å². The van der Waals surface area contributed by atoms with Crippen molar-refractivity contribution in [1.82, 2.24) is 29.7 Å². The number of imidazole rings is 1. The summed E-state index contributed by atoms with van der Waals surface area (Å²) in [4.78, 5) is 17.1. The van der Waals surface area contributed by atoms with Crippen LogP contribution in [0.2, 0.25) is 0 Å². The average Bonchev–Trinajstić information content (AvgIpc) is 3.34. The van der Waals surface area contributed by atoms with Crippen LogP contribution in [-0.2, 0) is 13.6 Å². The van der Waals surface area contributed by atoms with Crippen LogP contribution < -0.4 is 10.6 Å². The zero-order chi connectivity index (χ0) is 22.2. The minimum absolute atomic E-state index is 0.000798. The molecule has 4 aromatic rings. The minimum Gasteiger partial charge on any atom is -0.376 e. The molecule has 32 heavy (non-hydrogen) atoms. The molecule has 1 amide bonds. The number of hydrogen-bond donors (Lipinski definition) is 2. The summed E-state index contributed by atoms with van der Waals surface area (Å²) in [6.07, 6.45) is 7.78. The third-order valence-electron chi connectivity index (χ3n) is 5.72. The first kappa shape index (κ1) is 20.6. The maximum absolute atomic E-state index is 12.5. The quantitative estimate of drug-likeness (QED) is 0.420. The fourth-order valence-corrected chi connectivity index (χ4v) is 4.10. The van der Waals surface area contributed by atoms with Crippen LogP contribution in [0.25, 0.3) is 16.9 Å². The van der Waals surface area contributed by atoms with E-state index >= 15 is 0 Å². The zero-order valence-electron chi connectivity index (χ0n) is 18.3. The minimum atomic E-state index is -0.000798. The number of amides is 1. The number of fused-ring (bicyclic) bond motifs is 1. The van der Waals surface area contributed by atoms with Crippen molar-refractivity contribution in [3.8, 4) is 11.3 Å². The molecule has 0 bridgehead atoms. The molecule has 1 fully saturated rings. The van der Waals surface area contributed by atoms with Gasteiger partial charge in [-0.1, -0.05) is 6.07 Å². The molecule has 0 saturated heterocycles. The summed E-state index contributed by atoms with van der Waals surface area (Å²) < 4.78 is 3.72. The average molecular weight is 448 g/mol. The molecule has 1 aromatic carbocycles. The first-order valence-corrected chi connectivity index (χ1v) is 11.8. The van der Waals surface area contributed by atoms with Gasteiger partial charge in [0.05, 0.1) is 29.8 Å². The van der Waals surface area contributed by atoms with E-state index in [0.29, 0.717) is 18.2 Å². The second-order valence-corrected chi connectivity index (χ2v) is 8.88. The van der Waals surface area contributed by atoms with Gasteiger partial charge in [-0.05, 0) is 55.9 Å². The van der Waals surface area contributed by atoms with E-state index < -0.39 is 0 Å². The lowest BCUT2D eigenvalue weighted by atomic mass is 10.0. The molecule has 0 aliphatic heterocycles. The maximum Gasteiger partial charge on any atom is 0.251 e. The third kappa shape index (κ3) is 3.95. The van der Waals surface area contributed by atoms with Crippen molar-refractivity contribution in [3.05, 3.63) is 59.5 Å². The van der Waals surface area contributed by atoms with Crippen LogP contribution in [0, 0.1) is 6.92 Å². The number of nitrogens with zero attached hydrogens (tertiary/aromatic N) is 5. The first-order chi connectivity index (χ1) is 15.5. The second-order valence-electron chi connectivity index (χ2n) is 8.06. The second kappa shape index (κ2) is 8.31. The van der Waals surface area contributed by atoms with E-state index in [1.807, 2.05) is 66.0 Å². The van der Waals surface area contributed by atoms with Crippen molar-refractivity contribution in [2.24, 2.45) is 7.05 Å². The van der Waals surface area contributed by atoms with E-state index in [0.717, 1.165) is 51.7 Å². The molecule has 0 radical (unpaired) electrons. The summed E-state index contributed by atoms with van der Waals surface area (Å²) in [5, 5.41) is 16.4. The fraction of sp³-hybridized carbons (Fsp3) is 0.304. The molecule has 9 heteroatoms. The first-order valence-electron chi connectivity index (χ1n) is 10.6. The third-order valence-corrected chi connectivity index (χ3v) is 6.33. The molecule has 1 saturated carbocycles. The van der Waals surface area contributed by atoms with Crippen LogP contribution in [0.15, 0.2) is 47.8 Å². The molecule has 3 heterocycles. The highest BCUT2D eigenvalue weighted by atomic mass is 32.2. The van der Waals surface area contributed by atoms with Gasteiger partial charge in [0.15, 0.2) is 5.65 Å². The normalized spacial score (nSPS) is 13.5. The molecular weight excluding hydrogens is 422 g/mol. The lowest BCUT2D eigenvalue weighted by molar-refractivity contribution is 0.0950. The Balaban J connectivity index is 1.48. The summed E-state index contributed by atoms with van der Waals surface area (Å²) >= 11 is 1.58. The van der Waals surface area contributed by atoms with Gasteiger partial charge in [-0.25, -0.2) is 9.50 Å². The summed E-state index contributed by atoms with van der Waals surface area (Å²) in [5.41, 5.74) is 6.25. The number of nitrogens with one attached hydrogen (secondary N) is 2. The summed E-state index contributed by atoms with van der Waals surface area (Å²) in [6, 6.07) is 10.2. The number of anilines is 1. The maximum atomic E-state index is 12.5. The van der Waals surface area contributed by atoms with E-state index in [-0.39, 0.29) is 5.91 Å². The Morgan fingerprint density at radius 2 is 2.09 bits per heavy atom. The number of aromatic nitrogens is 5. The van der Waals surface area contributed by atoms with Gasteiger partial charge < -0.3 is 10.6 Å². The van der Waals surface area contributed by atoms with Crippen molar-refractivity contribution in [2.45, 2.75) is 37.4 Å². The molecule has 1 aliphatic carbocycles. The molecule has 164 valence electrons. The monoisotopic (exact) mass is 447 g/mol. The lowest BCUT2D eigenvalue weighted by Crippen LogP contribution is -2.26. The van der Waals surface area contributed by atoms with E-state index in [9.17, 15) is 4.79 Å². The Morgan fingerprint density at radius 1 is 1.25 bits per heavy atom. The molecule has 0 spiro atoms. The van der Waals surface area contributed by atoms with Gasteiger partial charge in [0.1, 0.15) is 5.03 Å². The van der Waals surface area contributed by atoms with E-state index in [4.69, 9.17) is 5.10 Å². The smallest absolute Gasteiger partial charge is 0.251 e. The summed E-state index contributed by atoms with van der Waals surface area (Å²) in [7, 11) is 1.93. The van der Waals surface area contributed by atoms with Crippen molar-refractivity contribution in [3.63, 3.8) is 0 Å². The SMILES string of the molecule is CSc1cc(NCc2ccnn2C)c2ncc(-c3ccc(C(=O)NC4CC4)c(C)c3)n2n1. The van der Waals surface area contributed by atoms with Gasteiger partial charge in [-0.15, -0.1) is 11.8 Å². The molecule has 8 nitrogen and oxygen atoms in total. The van der Waals surface area contributed by atoms with Crippen molar-refractivity contribution in [1.29, 1.82) is 0 Å². The summed E-state index contributed by atoms with van der Waals surface area (Å²) in [5.74, 6) is -0.000798. The van der Waals surface area contributed by atoms with Crippen LogP contribution in [0.1, 0.15) is 34.5 Å². The Labute approximate surface area is 190 Å². The molecule has 1 aliphatic rings.